The van der Waals surface area contributed by atoms with Gasteiger partial charge in [-0.05, 0) is 55.2 Å². The highest BCUT2D eigenvalue weighted by Gasteiger charge is 2.29. The molecule has 1 aromatic rings. The minimum absolute atomic E-state index is 0.115. The number of anilines is 1. The molecule has 25 heavy (non-hydrogen) atoms. The van der Waals surface area contributed by atoms with E-state index in [4.69, 9.17) is 0 Å². The molecule has 2 aliphatic heterocycles. The largest absolute Gasteiger partial charge is 0.311 e. The number of thioether (sulfide) groups is 1. The summed E-state index contributed by atoms with van der Waals surface area (Å²) in [6.45, 7) is 3.97. The van der Waals surface area contributed by atoms with E-state index >= 15 is 0 Å². The van der Waals surface area contributed by atoms with Crippen molar-refractivity contribution in [1.29, 1.82) is 0 Å². The second-order valence-corrected chi connectivity index (χ2v) is 9.65. The number of sulfonamides is 1. The van der Waals surface area contributed by atoms with Crippen molar-refractivity contribution in [2.24, 2.45) is 0 Å². The lowest BCUT2D eigenvalue weighted by atomic mass is 10.2. The summed E-state index contributed by atoms with van der Waals surface area (Å²) in [5.74, 6) is 1.59. The van der Waals surface area contributed by atoms with Crippen LogP contribution in [0.2, 0.25) is 0 Å². The van der Waals surface area contributed by atoms with Crippen molar-refractivity contribution in [2.75, 3.05) is 36.0 Å². The Bertz CT molecular complexity index is 728. The Morgan fingerprint density at radius 3 is 2.64 bits per heavy atom. The number of benzene rings is 1. The Hall–Kier alpha value is -1.05. The number of carbonyl (C=O) groups excluding carboxylic acids is 1. The Morgan fingerprint density at radius 2 is 1.92 bits per heavy atom. The summed E-state index contributed by atoms with van der Waals surface area (Å²) >= 11 is 1.66. The highest BCUT2D eigenvalue weighted by molar-refractivity contribution is 7.99. The summed E-state index contributed by atoms with van der Waals surface area (Å²) in [7, 11) is -3.41. The number of rotatable bonds is 6. The predicted molar refractivity (Wildman–Crippen MR) is 103 cm³/mol. The van der Waals surface area contributed by atoms with E-state index in [0.29, 0.717) is 30.3 Å². The lowest BCUT2D eigenvalue weighted by molar-refractivity contribution is -0.116. The van der Waals surface area contributed by atoms with Gasteiger partial charge >= 0.3 is 0 Å². The zero-order valence-corrected chi connectivity index (χ0v) is 16.4. The third-order valence-electron chi connectivity index (χ3n) is 4.77. The van der Waals surface area contributed by atoms with Crippen LogP contribution in [0.5, 0.6) is 0 Å². The Balaban J connectivity index is 1.76. The van der Waals surface area contributed by atoms with Gasteiger partial charge in [-0.25, -0.2) is 8.42 Å². The number of hydrogen-bond donors (Lipinski definition) is 0. The maximum absolute atomic E-state index is 12.8. The van der Waals surface area contributed by atoms with Crippen LogP contribution >= 0.6 is 11.8 Å². The van der Waals surface area contributed by atoms with Crippen LogP contribution in [-0.4, -0.2) is 49.8 Å². The molecule has 0 atom stereocenters. The number of fused-ring (bicyclic) bond motifs is 1. The average Bonchev–Trinajstić information content (AvgIpc) is 3.06. The summed E-state index contributed by atoms with van der Waals surface area (Å²) in [5, 5.41) is 0. The third-order valence-corrected chi connectivity index (χ3v) is 7.82. The molecule has 1 aromatic carbocycles. The molecule has 0 aliphatic carbocycles. The number of amides is 1. The van der Waals surface area contributed by atoms with E-state index in [0.717, 1.165) is 49.1 Å². The molecule has 1 saturated heterocycles. The Kier molecular flexibility index (Phi) is 6.07. The summed E-state index contributed by atoms with van der Waals surface area (Å²) in [6.07, 6.45) is 4.75. The van der Waals surface area contributed by atoms with Gasteiger partial charge in [-0.15, -0.1) is 0 Å². The quantitative estimate of drug-likeness (QED) is 0.710. The topological polar surface area (TPSA) is 57.7 Å². The number of hydrogen-bond acceptors (Lipinski definition) is 4. The second kappa shape index (κ2) is 8.10. The summed E-state index contributed by atoms with van der Waals surface area (Å²) in [6, 6.07) is 5.24. The SMILES string of the molecule is CCCSCC(=O)N1CCc2cc(S(=O)(=O)N3CCCCC3)ccc21. The van der Waals surface area contributed by atoms with Crippen LogP contribution < -0.4 is 4.90 Å². The van der Waals surface area contributed by atoms with Crippen LogP contribution in [0.1, 0.15) is 38.2 Å². The number of piperidine rings is 1. The molecular weight excluding hydrogens is 356 g/mol. The van der Waals surface area contributed by atoms with Crippen LogP contribution in [0.15, 0.2) is 23.1 Å². The first-order chi connectivity index (χ1) is 12.0. The van der Waals surface area contributed by atoms with E-state index in [9.17, 15) is 13.2 Å². The van der Waals surface area contributed by atoms with Crippen molar-refractivity contribution in [2.45, 2.75) is 43.9 Å². The van der Waals surface area contributed by atoms with Crippen molar-refractivity contribution in [1.82, 2.24) is 4.31 Å². The molecule has 0 aromatic heterocycles. The maximum atomic E-state index is 12.8. The average molecular weight is 383 g/mol. The molecule has 1 amide bonds. The molecule has 0 radical (unpaired) electrons. The predicted octanol–water partition coefficient (Wildman–Crippen LogP) is 2.89. The minimum Gasteiger partial charge on any atom is -0.311 e. The molecule has 0 saturated carbocycles. The van der Waals surface area contributed by atoms with Gasteiger partial charge < -0.3 is 4.90 Å². The first-order valence-corrected chi connectivity index (χ1v) is 11.6. The van der Waals surface area contributed by atoms with Gasteiger partial charge in [-0.1, -0.05) is 13.3 Å². The van der Waals surface area contributed by atoms with E-state index in [1.165, 1.54) is 0 Å². The molecule has 0 unspecified atom stereocenters. The fourth-order valence-electron chi connectivity index (χ4n) is 3.43. The van der Waals surface area contributed by atoms with Crippen molar-refractivity contribution in [3.8, 4) is 0 Å². The van der Waals surface area contributed by atoms with E-state index in [1.54, 1.807) is 33.1 Å². The van der Waals surface area contributed by atoms with Crippen LogP contribution in [0.25, 0.3) is 0 Å². The van der Waals surface area contributed by atoms with Gasteiger partial charge in [0.1, 0.15) is 0 Å². The van der Waals surface area contributed by atoms with Crippen LogP contribution in [-0.2, 0) is 21.2 Å². The Morgan fingerprint density at radius 1 is 1.16 bits per heavy atom. The summed E-state index contributed by atoms with van der Waals surface area (Å²) in [5.41, 5.74) is 1.84. The monoisotopic (exact) mass is 382 g/mol. The van der Waals surface area contributed by atoms with Gasteiger partial charge in [0, 0.05) is 25.3 Å². The lowest BCUT2D eigenvalue weighted by Gasteiger charge is -2.26. The number of carbonyl (C=O) groups is 1. The van der Waals surface area contributed by atoms with Gasteiger partial charge in [0.15, 0.2) is 0 Å². The summed E-state index contributed by atoms with van der Waals surface area (Å²) in [4.78, 5) is 14.6. The van der Waals surface area contributed by atoms with Crippen LogP contribution in [0.3, 0.4) is 0 Å². The molecule has 7 heteroatoms. The molecule has 0 bridgehead atoms. The van der Waals surface area contributed by atoms with Crippen LogP contribution in [0, 0.1) is 0 Å². The smallest absolute Gasteiger partial charge is 0.243 e. The zero-order chi connectivity index (χ0) is 17.9. The normalized spacial score (nSPS) is 18.4. The van der Waals surface area contributed by atoms with Gasteiger partial charge in [0.2, 0.25) is 15.9 Å². The number of nitrogens with zero attached hydrogens (tertiary/aromatic N) is 2. The van der Waals surface area contributed by atoms with Crippen molar-refractivity contribution >= 4 is 33.4 Å². The van der Waals surface area contributed by atoms with Crippen molar-refractivity contribution in [3.63, 3.8) is 0 Å². The van der Waals surface area contributed by atoms with Gasteiger partial charge in [0.05, 0.1) is 10.6 Å². The first kappa shape index (κ1) is 18.7. The van der Waals surface area contributed by atoms with E-state index < -0.39 is 10.0 Å². The molecule has 2 heterocycles. The maximum Gasteiger partial charge on any atom is 0.243 e. The first-order valence-electron chi connectivity index (χ1n) is 9.05. The molecule has 138 valence electrons. The fourth-order valence-corrected chi connectivity index (χ4v) is 5.77. The second-order valence-electron chi connectivity index (χ2n) is 6.60. The summed E-state index contributed by atoms with van der Waals surface area (Å²) < 4.78 is 27.2. The van der Waals surface area contributed by atoms with Gasteiger partial charge in [0.25, 0.3) is 0 Å². The lowest BCUT2D eigenvalue weighted by Crippen LogP contribution is -2.35. The third kappa shape index (κ3) is 4.04. The van der Waals surface area contributed by atoms with Gasteiger partial charge in [-0.3, -0.25) is 4.79 Å². The standard InChI is InChI=1S/C18H26N2O3S2/c1-2-12-24-14-18(21)20-11-8-15-13-16(6-7-17(15)20)25(22,23)19-9-4-3-5-10-19/h6-7,13H,2-5,8-12,14H2,1H3. The molecule has 0 N–H and O–H groups in total. The highest BCUT2D eigenvalue weighted by Crippen LogP contribution is 2.32. The highest BCUT2D eigenvalue weighted by atomic mass is 32.2. The van der Waals surface area contributed by atoms with Crippen molar-refractivity contribution in [3.05, 3.63) is 23.8 Å². The Labute approximate surface area is 154 Å². The van der Waals surface area contributed by atoms with E-state index in [2.05, 4.69) is 6.92 Å². The van der Waals surface area contributed by atoms with E-state index in [1.807, 2.05) is 6.07 Å². The molecule has 3 rings (SSSR count). The molecule has 1 fully saturated rings. The van der Waals surface area contributed by atoms with Crippen LogP contribution in [0.4, 0.5) is 5.69 Å². The molecule has 2 aliphatic rings. The van der Waals surface area contributed by atoms with Crippen molar-refractivity contribution < 1.29 is 13.2 Å². The zero-order valence-electron chi connectivity index (χ0n) is 14.7. The minimum atomic E-state index is -3.41. The van der Waals surface area contributed by atoms with Gasteiger partial charge in [-0.2, -0.15) is 16.1 Å². The fraction of sp³-hybridized carbons (Fsp3) is 0.611. The van der Waals surface area contributed by atoms with E-state index in [-0.39, 0.29) is 5.91 Å². The molecule has 5 nitrogen and oxygen atoms in total. The molecule has 0 spiro atoms. The molecular formula is C18H26N2O3S2.